The summed E-state index contributed by atoms with van der Waals surface area (Å²) in [4.78, 5) is 29.0. The first-order valence-electron chi connectivity index (χ1n) is 19.7. The number of carbonyl (C=O) groups is 2. The van der Waals surface area contributed by atoms with Crippen molar-refractivity contribution in [3.05, 3.63) is 100 Å². The molecule has 5 aliphatic heterocycles. The highest BCUT2D eigenvalue weighted by molar-refractivity contribution is 5.90. The second kappa shape index (κ2) is 17.8. The zero-order valence-corrected chi connectivity index (χ0v) is 32.6. The number of hydrogen-bond acceptors (Lipinski definition) is 17. The summed E-state index contributed by atoms with van der Waals surface area (Å²) in [5.41, 5.74) is 16.8. The number of carboxylic acids is 1. The lowest BCUT2D eigenvalue weighted by molar-refractivity contribution is -0.851. The van der Waals surface area contributed by atoms with Crippen LogP contribution >= 0.6 is 0 Å². The zero-order valence-electron chi connectivity index (χ0n) is 32.6. The third-order valence-corrected chi connectivity index (χ3v) is 11.2. The van der Waals surface area contributed by atoms with E-state index in [9.17, 15) is 35.1 Å². The van der Waals surface area contributed by atoms with Crippen LogP contribution in [-0.2, 0) is 32.0 Å². The number of esters is 1. The fourth-order valence-electron chi connectivity index (χ4n) is 8.51. The van der Waals surface area contributed by atoms with Crippen molar-refractivity contribution in [3.8, 4) is 28.7 Å². The maximum absolute atomic E-state index is 12.4. The van der Waals surface area contributed by atoms with Gasteiger partial charge in [-0.2, -0.15) is 0 Å². The van der Waals surface area contributed by atoms with Crippen molar-refractivity contribution in [2.45, 2.75) is 80.5 Å². The number of aliphatic hydroxyl groups is 5. The van der Waals surface area contributed by atoms with Crippen LogP contribution in [0.5, 0.6) is 28.7 Å². The van der Waals surface area contributed by atoms with Gasteiger partial charge in [0.2, 0.25) is 12.0 Å². The predicted octanol–water partition coefficient (Wildman–Crippen LogP) is -1.33. The van der Waals surface area contributed by atoms with Crippen molar-refractivity contribution < 1.29 is 78.3 Å². The summed E-state index contributed by atoms with van der Waals surface area (Å²) in [5.74, 6) is -1.80. The highest BCUT2D eigenvalue weighted by atomic mass is 16.7. The summed E-state index contributed by atoms with van der Waals surface area (Å²) in [6.07, 6.45) is -8.24. The number of nitrogens with one attached hydrogen (secondary N) is 1. The van der Waals surface area contributed by atoms with Gasteiger partial charge >= 0.3 is 11.9 Å². The Hall–Kier alpha value is -5.61. The SMILES string of the molecule is NC(N)[C@H](OC(=O)CC(=O)O)[C@H]1O[C@@H](Oc2cc(C[NH+]3C=C4N=CC=C4C3)c3c(c2)O[C@@H](Cc2ccccc2)[C@H]2c4ccc(OCO)c(OCCO)c4O[C@@H]32)[C@H](O)[C@@H](O)[C@@H]1O. The molecule has 11 N–H and O–H groups in total. The molecule has 0 aromatic heterocycles. The first kappa shape index (κ1) is 42.1. The third-order valence-electron chi connectivity index (χ3n) is 11.2. The van der Waals surface area contributed by atoms with E-state index in [4.69, 9.17) is 49.7 Å². The van der Waals surface area contributed by atoms with Crippen LogP contribution in [0.15, 0.2) is 83.1 Å². The summed E-state index contributed by atoms with van der Waals surface area (Å²) >= 11 is 0. The Labute approximate surface area is 348 Å². The van der Waals surface area contributed by atoms with Crippen molar-refractivity contribution >= 4 is 18.2 Å². The van der Waals surface area contributed by atoms with E-state index in [1.807, 2.05) is 48.7 Å². The lowest BCUT2D eigenvalue weighted by atomic mass is 9.80. The topological polar surface area (TPSA) is 289 Å². The van der Waals surface area contributed by atoms with Crippen molar-refractivity contribution in [3.63, 3.8) is 0 Å². The molecule has 1 fully saturated rings. The summed E-state index contributed by atoms with van der Waals surface area (Å²) < 4.78 is 42.7. The summed E-state index contributed by atoms with van der Waals surface area (Å²) in [5, 5.41) is 61.6. The van der Waals surface area contributed by atoms with E-state index in [1.54, 1.807) is 24.4 Å². The Balaban J connectivity index is 1.19. The fourth-order valence-corrected chi connectivity index (χ4v) is 8.51. The number of allylic oxidation sites excluding steroid dienone is 1. The summed E-state index contributed by atoms with van der Waals surface area (Å²) in [7, 11) is 0. The van der Waals surface area contributed by atoms with Gasteiger partial charge in [-0.05, 0) is 23.8 Å². The number of benzene rings is 3. The maximum atomic E-state index is 12.4. The Morgan fingerprint density at radius 2 is 1.79 bits per heavy atom. The van der Waals surface area contributed by atoms with Crippen LogP contribution in [-0.4, -0.2) is 124 Å². The molecule has 0 radical (unpaired) electrons. The van der Waals surface area contributed by atoms with E-state index in [1.165, 1.54) is 0 Å². The zero-order chi connectivity index (χ0) is 42.9. The van der Waals surface area contributed by atoms with Crippen LogP contribution in [0.2, 0.25) is 0 Å². The molecule has 0 bridgehead atoms. The average molecular weight is 848 g/mol. The lowest BCUT2D eigenvalue weighted by Gasteiger charge is -2.43. The van der Waals surface area contributed by atoms with Crippen LogP contribution in [0.3, 0.4) is 0 Å². The van der Waals surface area contributed by atoms with Gasteiger partial charge in [-0.1, -0.05) is 36.4 Å². The number of quaternary nitrogens is 1. The monoisotopic (exact) mass is 847 g/mol. The molecular weight excluding hydrogens is 800 g/mol. The van der Waals surface area contributed by atoms with E-state index in [-0.39, 0.29) is 30.5 Å². The van der Waals surface area contributed by atoms with Crippen molar-refractivity contribution in [2.75, 3.05) is 26.6 Å². The second-order valence-electron chi connectivity index (χ2n) is 15.2. The highest BCUT2D eigenvalue weighted by Gasteiger charge is 2.52. The molecule has 8 rings (SSSR count). The molecule has 5 heterocycles. The standard InChI is InChI=1S/C42H46N4O15/c43-41(44)40(59-30(51)15-29(49)50)39-34(53)33(52)35(54)42(61-39)57-23-13-22(17-46-16-21-8-9-45-25(21)18-46)31-28(14-23)58-27(12-20-4-2-1-3-5-20)32-24-6-7-26(56-19-48)37(55-11-10-47)36(24)60-38(31)32/h1-9,13-14,18,27,32-35,38-42,47-48,52-54H,10-12,15-17,19,43-44H2,(H,49,50)/p+1/t27-,32+,33-,34-,35+,38-,39-,40+,42+/m0/s1. The van der Waals surface area contributed by atoms with Crippen LogP contribution < -0.4 is 40.1 Å². The molecule has 1 unspecified atom stereocenters. The average Bonchev–Trinajstić information content (AvgIpc) is 3.94. The van der Waals surface area contributed by atoms with Crippen LogP contribution in [0.4, 0.5) is 0 Å². The molecule has 3 aromatic carbocycles. The molecule has 5 aliphatic rings. The molecule has 1 saturated heterocycles. The van der Waals surface area contributed by atoms with Crippen LogP contribution in [0.1, 0.15) is 40.7 Å². The van der Waals surface area contributed by atoms with Gasteiger partial charge in [-0.15, -0.1) is 0 Å². The number of aliphatic hydroxyl groups excluding tert-OH is 5. The van der Waals surface area contributed by atoms with E-state index < -0.39 is 86.3 Å². The van der Waals surface area contributed by atoms with Crippen molar-refractivity contribution in [1.82, 2.24) is 0 Å². The minimum atomic E-state index is -1.91. The number of aliphatic imine (C=N–C) groups is 1. The Bertz CT molecular complexity index is 2220. The van der Waals surface area contributed by atoms with Gasteiger partial charge in [0.1, 0.15) is 86.1 Å². The molecule has 3 aromatic rings. The van der Waals surface area contributed by atoms with Gasteiger partial charge in [0, 0.05) is 41.0 Å². The van der Waals surface area contributed by atoms with Crippen molar-refractivity contribution in [2.24, 2.45) is 16.5 Å². The molecule has 0 amide bonds. The maximum Gasteiger partial charge on any atom is 0.317 e. The molecule has 10 atom stereocenters. The van der Waals surface area contributed by atoms with Gasteiger partial charge in [0.25, 0.3) is 0 Å². The Kier molecular flexibility index (Phi) is 12.3. The number of ether oxygens (including phenoxy) is 7. The lowest BCUT2D eigenvalue weighted by Crippen LogP contribution is -3.04. The Morgan fingerprint density at radius 1 is 0.984 bits per heavy atom. The summed E-state index contributed by atoms with van der Waals surface area (Å²) in [6, 6.07) is 16.6. The molecule has 0 spiro atoms. The number of carbonyl (C=O) groups excluding carboxylic acids is 1. The summed E-state index contributed by atoms with van der Waals surface area (Å²) in [6.45, 7) is 0.0152. The molecular formula is C42H47N4O15+. The number of carboxylic acid groups (broad SMARTS) is 1. The minimum absolute atomic E-state index is 0.0703. The highest BCUT2D eigenvalue weighted by Crippen LogP contribution is 2.59. The van der Waals surface area contributed by atoms with Crippen LogP contribution in [0.25, 0.3) is 0 Å². The van der Waals surface area contributed by atoms with Gasteiger partial charge < -0.3 is 75.3 Å². The number of nitrogens with two attached hydrogens (primary N) is 2. The van der Waals surface area contributed by atoms with Gasteiger partial charge in [-0.3, -0.25) is 19.5 Å². The Morgan fingerprint density at radius 3 is 2.51 bits per heavy atom. The minimum Gasteiger partial charge on any atom is -0.489 e. The van der Waals surface area contributed by atoms with Gasteiger partial charge in [0.05, 0.1) is 18.7 Å². The first-order valence-corrected chi connectivity index (χ1v) is 19.7. The van der Waals surface area contributed by atoms with Gasteiger partial charge in [-0.25, -0.2) is 0 Å². The predicted molar refractivity (Wildman–Crippen MR) is 210 cm³/mol. The fraction of sp³-hybridized carbons (Fsp3) is 0.405. The molecule has 0 saturated carbocycles. The number of aliphatic carboxylic acids is 1. The smallest absolute Gasteiger partial charge is 0.317 e. The molecule has 0 aliphatic carbocycles. The molecule has 19 heteroatoms. The van der Waals surface area contributed by atoms with E-state index in [2.05, 4.69) is 4.99 Å². The molecule has 324 valence electrons. The number of nitrogens with zero attached hydrogens (tertiary/aromatic N) is 1. The third kappa shape index (κ3) is 8.52. The van der Waals surface area contributed by atoms with E-state index in [0.717, 1.165) is 27.3 Å². The first-order chi connectivity index (χ1) is 29.4. The number of rotatable bonds is 16. The van der Waals surface area contributed by atoms with E-state index in [0.29, 0.717) is 42.1 Å². The number of fused-ring (bicyclic) bond motifs is 6. The quantitative estimate of drug-likeness (QED) is 0.0459. The van der Waals surface area contributed by atoms with Crippen molar-refractivity contribution in [1.29, 1.82) is 0 Å². The molecule has 61 heavy (non-hydrogen) atoms. The van der Waals surface area contributed by atoms with Crippen LogP contribution in [0, 0.1) is 0 Å². The van der Waals surface area contributed by atoms with E-state index >= 15 is 0 Å². The number of hydrogen-bond donors (Lipinski definition) is 9. The largest absolute Gasteiger partial charge is 0.489 e. The normalized spacial score (nSPS) is 27.4. The van der Waals surface area contributed by atoms with Gasteiger partial charge in [0.15, 0.2) is 24.4 Å². The second-order valence-corrected chi connectivity index (χ2v) is 15.2. The molecule has 19 nitrogen and oxygen atoms in total.